The highest BCUT2D eigenvalue weighted by Gasteiger charge is 2.36. The molecule has 5 nitrogen and oxygen atoms in total. The van der Waals surface area contributed by atoms with Crippen molar-refractivity contribution >= 4 is 68.1 Å². The Morgan fingerprint density at radius 1 is 0.239 bits per heavy atom. The molecular formula is C85H80B2N4O. The fourth-order valence-electron chi connectivity index (χ4n) is 17.1. The topological polar surface area (TPSA) is 64.7 Å². The van der Waals surface area contributed by atoms with Crippen LogP contribution in [0.25, 0.3) is 88.7 Å². The summed E-state index contributed by atoms with van der Waals surface area (Å²) in [7, 11) is 0. The molecule has 0 amide bonds. The summed E-state index contributed by atoms with van der Waals surface area (Å²) in [6, 6.07) is 47.5. The Labute approximate surface area is 545 Å². The number of aryl methyl sites for hydroxylation is 12. The average Bonchev–Trinajstić information content (AvgIpc) is 0.903. The van der Waals surface area contributed by atoms with Gasteiger partial charge < -0.3 is 4.42 Å². The van der Waals surface area contributed by atoms with Crippen LogP contribution in [0.15, 0.2) is 181 Å². The second kappa shape index (κ2) is 24.2. The zero-order valence-corrected chi connectivity index (χ0v) is 56.6. The fourth-order valence-corrected chi connectivity index (χ4v) is 17.1. The third-order valence-corrected chi connectivity index (χ3v) is 20.4. The Kier molecular flexibility index (Phi) is 16.1. The van der Waals surface area contributed by atoms with Gasteiger partial charge in [-0.05, 0) is 266 Å². The van der Waals surface area contributed by atoms with Crippen molar-refractivity contribution in [3.63, 3.8) is 0 Å². The van der Waals surface area contributed by atoms with E-state index < -0.39 is 0 Å². The van der Waals surface area contributed by atoms with E-state index in [0.717, 1.165) is 49.8 Å². The molecule has 0 aliphatic carbocycles. The molecule has 0 unspecified atom stereocenters. The minimum Gasteiger partial charge on any atom is -0.456 e. The van der Waals surface area contributed by atoms with Crippen molar-refractivity contribution in [2.24, 2.45) is 0 Å². The molecule has 92 heavy (non-hydrogen) atoms. The number of rotatable bonds is 12. The van der Waals surface area contributed by atoms with Gasteiger partial charge in [0.05, 0.1) is 0 Å². The van der Waals surface area contributed by atoms with E-state index in [1.165, 1.54) is 166 Å². The van der Waals surface area contributed by atoms with Gasteiger partial charge in [0.2, 0.25) is 13.4 Å². The van der Waals surface area contributed by atoms with E-state index in [1.807, 2.05) is 61.7 Å². The summed E-state index contributed by atoms with van der Waals surface area (Å²) in [5.74, 6) is 0. The smallest absolute Gasteiger partial charge is 0.243 e. The molecular weight excluding hydrogens is 1110 g/mol. The van der Waals surface area contributed by atoms with Gasteiger partial charge in [-0.25, -0.2) is 0 Å². The van der Waals surface area contributed by atoms with Gasteiger partial charge in [-0.1, -0.05) is 151 Å². The lowest BCUT2D eigenvalue weighted by molar-refractivity contribution is 0.669. The van der Waals surface area contributed by atoms with E-state index in [9.17, 15) is 0 Å². The van der Waals surface area contributed by atoms with Crippen LogP contribution in [0.5, 0.6) is 0 Å². The van der Waals surface area contributed by atoms with Crippen LogP contribution < -0.4 is 32.8 Å². The first kappa shape index (κ1) is 61.2. The third-order valence-electron chi connectivity index (χ3n) is 20.4. The van der Waals surface area contributed by atoms with Crippen molar-refractivity contribution in [1.29, 1.82) is 0 Å². The van der Waals surface area contributed by atoms with Gasteiger partial charge in [-0.15, -0.1) is 0 Å². The van der Waals surface area contributed by atoms with E-state index in [-0.39, 0.29) is 13.4 Å². The predicted octanol–water partition coefficient (Wildman–Crippen LogP) is 17.4. The Morgan fingerprint density at radius 3 is 0.793 bits per heavy atom. The monoisotopic (exact) mass is 1190 g/mol. The molecule has 0 saturated carbocycles. The van der Waals surface area contributed by atoms with E-state index in [2.05, 4.69) is 253 Å². The molecule has 5 aromatic heterocycles. The number of hydrogen-bond acceptors (Lipinski definition) is 5. The lowest BCUT2D eigenvalue weighted by Crippen LogP contribution is -2.58. The van der Waals surface area contributed by atoms with Gasteiger partial charge >= 0.3 is 0 Å². The van der Waals surface area contributed by atoms with Gasteiger partial charge in [-0.3, -0.25) is 19.9 Å². The molecule has 0 aliphatic heterocycles. The van der Waals surface area contributed by atoms with Crippen LogP contribution in [0.1, 0.15) is 94.6 Å². The van der Waals surface area contributed by atoms with Crippen LogP contribution in [-0.4, -0.2) is 33.4 Å². The molecule has 0 spiro atoms. The number of benzene rings is 8. The van der Waals surface area contributed by atoms with E-state index >= 15 is 0 Å². The van der Waals surface area contributed by atoms with E-state index in [0.29, 0.717) is 0 Å². The molecule has 7 heteroatoms. The lowest BCUT2D eigenvalue weighted by Gasteiger charge is -2.31. The SMILES string of the molecule is Cc1cc(-c2ccc3oc4ccc(-c5c(C)cc(C)c(B(c6c(C)cc(C)c(-c7cccnc7)c6C)c6c(C)cc(C)c(-c7cccnc7)c6C)c5C)cc4c3c2)cc(C)c1B(c1c(C)cc(C)c(-c2cccnc2)c1C)c1c(C)cc(C)c(-c2cccnc2)c1C. The molecule has 452 valence electrons. The first-order valence-electron chi connectivity index (χ1n) is 32.4. The molecule has 13 aromatic rings. The zero-order chi connectivity index (χ0) is 64.7. The zero-order valence-electron chi connectivity index (χ0n) is 56.6. The Morgan fingerprint density at radius 2 is 0.500 bits per heavy atom. The first-order chi connectivity index (χ1) is 44.2. The summed E-state index contributed by atoms with van der Waals surface area (Å²) in [5, 5.41) is 2.20. The summed E-state index contributed by atoms with van der Waals surface area (Å²) in [6.45, 7) is 39.0. The van der Waals surface area contributed by atoms with Gasteiger partial charge in [0, 0.05) is 82.6 Å². The largest absolute Gasteiger partial charge is 0.456 e. The molecule has 0 bridgehead atoms. The van der Waals surface area contributed by atoms with Crippen molar-refractivity contribution in [2.75, 3.05) is 0 Å². The number of nitrogens with zero attached hydrogens (tertiary/aromatic N) is 4. The van der Waals surface area contributed by atoms with E-state index in [1.54, 1.807) is 0 Å². The Balaban J connectivity index is 0.975. The summed E-state index contributed by atoms with van der Waals surface area (Å²) < 4.78 is 6.78. The number of hydrogen-bond donors (Lipinski definition) is 0. The molecule has 0 fully saturated rings. The number of pyridine rings is 4. The standard InChI is InChI=1S/C85H80B2N4O/c1-47-34-54(8)83(87(84-55(9)37-50(4)78(62(84)16)68-24-20-32-90-45-68)85-56(10)38-51(5)79(63(85)17)69-25-21-33-91-46-69)59(13)75(47)65-27-29-74-72(42-65)71-41-64(26-28-73(71)92-74)70-39-57(11)80(58(12)40-70)86(81-52(6)35-48(2)76(60(81)14)66-22-18-30-88-43-66)82-53(7)36-49(3)77(61(82)15)67-23-19-31-89-44-67/h18-46H,1-17H3. The molecule has 5 heterocycles. The highest BCUT2D eigenvalue weighted by molar-refractivity contribution is 6.98. The maximum absolute atomic E-state index is 6.78. The summed E-state index contributed by atoms with van der Waals surface area (Å²) in [5.41, 5.74) is 45.6. The third kappa shape index (κ3) is 10.4. The maximum atomic E-state index is 6.78. The van der Waals surface area contributed by atoms with Crippen LogP contribution in [-0.2, 0) is 0 Å². The molecule has 0 aliphatic rings. The minimum absolute atomic E-state index is 0.0669. The maximum Gasteiger partial charge on any atom is 0.243 e. The van der Waals surface area contributed by atoms with Crippen molar-refractivity contribution in [3.05, 3.63) is 272 Å². The highest BCUT2D eigenvalue weighted by Crippen LogP contribution is 2.39. The first-order valence-corrected chi connectivity index (χ1v) is 32.4. The van der Waals surface area contributed by atoms with Crippen molar-refractivity contribution < 1.29 is 4.42 Å². The van der Waals surface area contributed by atoms with Gasteiger partial charge in [0.25, 0.3) is 0 Å². The predicted molar refractivity (Wildman–Crippen MR) is 393 cm³/mol. The highest BCUT2D eigenvalue weighted by atomic mass is 16.3. The van der Waals surface area contributed by atoms with Gasteiger partial charge in [0.15, 0.2) is 0 Å². The van der Waals surface area contributed by atoms with Gasteiger partial charge in [-0.2, -0.15) is 0 Å². The fraction of sp³-hybridized carbons (Fsp3) is 0.200. The van der Waals surface area contributed by atoms with Gasteiger partial charge in [0.1, 0.15) is 11.2 Å². The van der Waals surface area contributed by atoms with Crippen LogP contribution >= 0.6 is 0 Å². The minimum atomic E-state index is -0.0977. The number of furan rings is 1. The summed E-state index contributed by atoms with van der Waals surface area (Å²) in [6.07, 6.45) is 15.5. The number of fused-ring (bicyclic) bond motifs is 3. The second-order valence-corrected chi connectivity index (χ2v) is 26.5. The second-order valence-electron chi connectivity index (χ2n) is 26.5. The molecule has 0 atom stereocenters. The Hall–Kier alpha value is -9.71. The molecule has 0 N–H and O–H groups in total. The van der Waals surface area contributed by atoms with Crippen LogP contribution in [0.4, 0.5) is 0 Å². The average molecular weight is 1200 g/mol. The van der Waals surface area contributed by atoms with Crippen LogP contribution in [0.2, 0.25) is 0 Å². The van der Waals surface area contributed by atoms with Crippen molar-refractivity contribution in [2.45, 2.75) is 118 Å². The lowest BCUT2D eigenvalue weighted by atomic mass is 9.32. The number of aromatic nitrogens is 4. The van der Waals surface area contributed by atoms with Crippen LogP contribution in [0, 0.1) is 118 Å². The summed E-state index contributed by atoms with van der Waals surface area (Å²) in [4.78, 5) is 18.5. The molecule has 0 saturated heterocycles. The normalized spacial score (nSPS) is 11.5. The molecule has 13 rings (SSSR count). The summed E-state index contributed by atoms with van der Waals surface area (Å²) >= 11 is 0. The molecule has 8 aromatic carbocycles. The Bertz CT molecular complexity index is 4880. The van der Waals surface area contributed by atoms with E-state index in [4.69, 9.17) is 4.42 Å². The van der Waals surface area contributed by atoms with Crippen LogP contribution in [0.3, 0.4) is 0 Å². The van der Waals surface area contributed by atoms with Crippen molar-refractivity contribution in [1.82, 2.24) is 19.9 Å². The van der Waals surface area contributed by atoms with Crippen molar-refractivity contribution in [3.8, 4) is 66.8 Å². The quantitative estimate of drug-likeness (QED) is 0.114. The molecule has 0 radical (unpaired) electrons.